The Labute approximate surface area is 156 Å². The number of carbonyl (C=O) groups is 1. The molecule has 0 aliphatic heterocycles. The Morgan fingerprint density at radius 3 is 2.54 bits per heavy atom. The Bertz CT molecular complexity index is 922. The average molecular weight is 368 g/mol. The van der Waals surface area contributed by atoms with Crippen LogP contribution in [0.25, 0.3) is 23.2 Å². The highest BCUT2D eigenvalue weighted by Crippen LogP contribution is 2.22. The maximum atomic E-state index is 12.4. The van der Waals surface area contributed by atoms with E-state index in [2.05, 4.69) is 21.1 Å². The zero-order valence-electron chi connectivity index (χ0n) is 15.1. The molecule has 0 saturated heterocycles. The van der Waals surface area contributed by atoms with Gasteiger partial charge in [0.15, 0.2) is 5.82 Å². The van der Waals surface area contributed by atoms with Gasteiger partial charge in [-0.2, -0.15) is 0 Å². The molecule has 0 spiro atoms. The van der Waals surface area contributed by atoms with Gasteiger partial charge in [-0.05, 0) is 39.8 Å². The second-order valence-electron chi connectivity index (χ2n) is 6.26. The van der Waals surface area contributed by atoms with Crippen LogP contribution in [0.15, 0.2) is 36.1 Å². The number of hydrogen-bond acceptors (Lipinski definition) is 6. The van der Waals surface area contributed by atoms with Crippen LogP contribution >= 0.6 is 11.3 Å². The van der Waals surface area contributed by atoms with E-state index >= 15 is 0 Å². The first-order valence-corrected chi connectivity index (χ1v) is 9.13. The van der Waals surface area contributed by atoms with Crippen LogP contribution in [0.2, 0.25) is 0 Å². The molecule has 0 bridgehead atoms. The molecule has 0 saturated carbocycles. The summed E-state index contributed by atoms with van der Waals surface area (Å²) >= 11 is 1.37. The number of ether oxygens (including phenoxy) is 1. The third-order valence-electron chi connectivity index (χ3n) is 3.48. The molecule has 0 unspecified atom stereocenters. The van der Waals surface area contributed by atoms with Crippen molar-refractivity contribution in [3.8, 4) is 11.4 Å². The second kappa shape index (κ2) is 7.61. The summed E-state index contributed by atoms with van der Waals surface area (Å²) in [5, 5.41) is 6.87. The predicted molar refractivity (Wildman–Crippen MR) is 102 cm³/mol. The Hall–Kier alpha value is -2.80. The average Bonchev–Trinajstić information content (AvgIpc) is 3.22. The van der Waals surface area contributed by atoms with Gasteiger partial charge in [-0.1, -0.05) is 17.2 Å². The zero-order valence-corrected chi connectivity index (χ0v) is 15.9. The van der Waals surface area contributed by atoms with E-state index in [0.717, 1.165) is 16.7 Å². The summed E-state index contributed by atoms with van der Waals surface area (Å²) in [7, 11) is 0. The smallest absolute Gasteiger partial charge is 0.343 e. The van der Waals surface area contributed by atoms with Crippen molar-refractivity contribution in [2.75, 3.05) is 0 Å². The summed E-state index contributed by atoms with van der Waals surface area (Å²) in [6.07, 6.45) is 4.61. The third kappa shape index (κ3) is 4.23. The minimum Gasteiger partial charge on any atom is -0.459 e. The van der Waals surface area contributed by atoms with Crippen molar-refractivity contribution < 1.29 is 9.53 Å². The maximum Gasteiger partial charge on any atom is 0.343 e. The number of nitrogens with zero attached hydrogens (tertiary/aromatic N) is 4. The summed E-state index contributed by atoms with van der Waals surface area (Å²) in [6.45, 7) is 7.70. The lowest BCUT2D eigenvalue weighted by Crippen LogP contribution is -2.13. The molecule has 0 aliphatic rings. The fourth-order valence-corrected chi connectivity index (χ4v) is 3.17. The molecule has 1 aromatic carbocycles. The highest BCUT2D eigenvalue weighted by Gasteiger charge is 2.18. The Morgan fingerprint density at radius 1 is 1.19 bits per heavy atom. The van der Waals surface area contributed by atoms with Crippen molar-refractivity contribution in [3.63, 3.8) is 0 Å². The molecule has 7 heteroatoms. The van der Waals surface area contributed by atoms with Gasteiger partial charge < -0.3 is 4.74 Å². The van der Waals surface area contributed by atoms with Crippen LogP contribution in [0.5, 0.6) is 0 Å². The standard InChI is InChI=1S/C19H20N4O2S/c1-12(2)25-19(24)16(18-20-5-6-26-18)10-23-11-21-17(22-23)15-8-13(3)7-14(4)9-15/h5-12H,1-4H3. The fraction of sp³-hybridized carbons (Fsp3) is 0.263. The van der Waals surface area contributed by atoms with Crippen molar-refractivity contribution >= 4 is 29.1 Å². The number of rotatable bonds is 5. The number of esters is 1. The quantitative estimate of drug-likeness (QED) is 0.503. The fourth-order valence-electron chi connectivity index (χ4n) is 2.53. The summed E-state index contributed by atoms with van der Waals surface area (Å²) in [4.78, 5) is 21.0. The number of thiazole rings is 1. The van der Waals surface area contributed by atoms with E-state index in [4.69, 9.17) is 4.74 Å². The third-order valence-corrected chi connectivity index (χ3v) is 4.28. The van der Waals surface area contributed by atoms with Gasteiger partial charge in [0.1, 0.15) is 16.9 Å². The molecular formula is C19H20N4O2S. The van der Waals surface area contributed by atoms with Gasteiger partial charge >= 0.3 is 5.97 Å². The Morgan fingerprint density at radius 2 is 1.92 bits per heavy atom. The summed E-state index contributed by atoms with van der Waals surface area (Å²) in [5.41, 5.74) is 3.59. The molecule has 2 heterocycles. The number of carbonyl (C=O) groups excluding carboxylic acids is 1. The lowest BCUT2D eigenvalue weighted by molar-refractivity contribution is -0.140. The van der Waals surface area contributed by atoms with Crippen LogP contribution in [0, 0.1) is 13.8 Å². The molecule has 0 fully saturated rings. The number of aromatic nitrogens is 4. The molecule has 26 heavy (non-hydrogen) atoms. The van der Waals surface area contributed by atoms with Crippen LogP contribution in [-0.4, -0.2) is 31.8 Å². The van der Waals surface area contributed by atoms with Crippen molar-refractivity contribution in [1.82, 2.24) is 19.7 Å². The normalized spacial score (nSPS) is 11.8. The number of aryl methyl sites for hydroxylation is 2. The molecule has 0 aliphatic carbocycles. The predicted octanol–water partition coefficient (Wildman–Crippen LogP) is 3.97. The molecule has 0 atom stereocenters. The van der Waals surface area contributed by atoms with Crippen molar-refractivity contribution in [2.45, 2.75) is 33.8 Å². The number of benzene rings is 1. The highest BCUT2D eigenvalue weighted by molar-refractivity contribution is 7.11. The highest BCUT2D eigenvalue weighted by atomic mass is 32.1. The van der Waals surface area contributed by atoms with E-state index in [9.17, 15) is 4.79 Å². The minimum atomic E-state index is -0.432. The van der Waals surface area contributed by atoms with Crippen LogP contribution < -0.4 is 0 Å². The summed E-state index contributed by atoms with van der Waals surface area (Å²) in [5.74, 6) is 0.169. The van der Waals surface area contributed by atoms with Gasteiger partial charge in [-0.25, -0.2) is 19.4 Å². The first-order chi connectivity index (χ1) is 12.4. The van der Waals surface area contributed by atoms with E-state index in [1.807, 2.05) is 45.2 Å². The van der Waals surface area contributed by atoms with E-state index < -0.39 is 5.97 Å². The monoisotopic (exact) mass is 368 g/mol. The number of hydrogen-bond donors (Lipinski definition) is 0. The molecule has 2 aromatic heterocycles. The molecule has 6 nitrogen and oxygen atoms in total. The van der Waals surface area contributed by atoms with Crippen LogP contribution in [0.1, 0.15) is 30.0 Å². The molecule has 0 amide bonds. The Kier molecular flexibility index (Phi) is 5.27. The van der Waals surface area contributed by atoms with Crippen LogP contribution in [0.4, 0.5) is 0 Å². The van der Waals surface area contributed by atoms with Gasteiger partial charge in [0.05, 0.1) is 6.10 Å². The first-order valence-electron chi connectivity index (χ1n) is 8.25. The molecular weight excluding hydrogens is 348 g/mol. The minimum absolute atomic E-state index is 0.215. The van der Waals surface area contributed by atoms with Crippen molar-refractivity contribution in [3.05, 3.63) is 52.2 Å². The van der Waals surface area contributed by atoms with Crippen LogP contribution in [-0.2, 0) is 9.53 Å². The van der Waals surface area contributed by atoms with Gasteiger partial charge in [0.2, 0.25) is 0 Å². The molecule has 3 rings (SSSR count). The largest absolute Gasteiger partial charge is 0.459 e. The first kappa shape index (κ1) is 18.0. The van der Waals surface area contributed by atoms with Crippen molar-refractivity contribution in [2.24, 2.45) is 0 Å². The summed E-state index contributed by atoms with van der Waals surface area (Å²) < 4.78 is 6.85. The molecule has 134 valence electrons. The van der Waals surface area contributed by atoms with Gasteiger partial charge in [-0.15, -0.1) is 16.4 Å². The van der Waals surface area contributed by atoms with Gasteiger partial charge in [0, 0.05) is 23.3 Å². The van der Waals surface area contributed by atoms with Gasteiger partial charge in [-0.3, -0.25) is 0 Å². The topological polar surface area (TPSA) is 69.9 Å². The van der Waals surface area contributed by atoms with Crippen molar-refractivity contribution in [1.29, 1.82) is 0 Å². The summed E-state index contributed by atoms with van der Waals surface area (Å²) in [6, 6.07) is 6.17. The van der Waals surface area contributed by atoms with Gasteiger partial charge in [0.25, 0.3) is 0 Å². The van der Waals surface area contributed by atoms with E-state index in [0.29, 0.717) is 16.4 Å². The van der Waals surface area contributed by atoms with E-state index in [-0.39, 0.29) is 6.10 Å². The molecule has 0 radical (unpaired) electrons. The lowest BCUT2D eigenvalue weighted by atomic mass is 10.1. The van der Waals surface area contributed by atoms with Crippen LogP contribution in [0.3, 0.4) is 0 Å². The van der Waals surface area contributed by atoms with E-state index in [1.54, 1.807) is 18.7 Å². The zero-order chi connectivity index (χ0) is 18.7. The second-order valence-corrected chi connectivity index (χ2v) is 7.15. The molecule has 0 N–H and O–H groups in total. The molecule has 3 aromatic rings. The Balaban J connectivity index is 1.96. The SMILES string of the molecule is Cc1cc(C)cc(-c2ncn(C=C(C(=O)OC(C)C)c3nccs3)n2)c1. The van der Waals surface area contributed by atoms with E-state index in [1.165, 1.54) is 16.0 Å². The maximum absolute atomic E-state index is 12.4. The lowest BCUT2D eigenvalue weighted by Gasteiger charge is -2.09.